The number of rotatable bonds is 3. The van der Waals surface area contributed by atoms with Crippen LogP contribution in [0.25, 0.3) is 11.0 Å². The molecule has 2 aromatic heterocycles. The molecule has 1 saturated heterocycles. The van der Waals surface area contributed by atoms with Crippen molar-refractivity contribution in [2.75, 3.05) is 31.1 Å². The van der Waals surface area contributed by atoms with Crippen LogP contribution in [0.2, 0.25) is 0 Å². The van der Waals surface area contributed by atoms with E-state index in [2.05, 4.69) is 20.9 Å². The topological polar surface area (TPSA) is 76.0 Å². The van der Waals surface area contributed by atoms with Crippen molar-refractivity contribution in [1.29, 1.82) is 5.26 Å². The summed E-state index contributed by atoms with van der Waals surface area (Å²) >= 11 is 0. The van der Waals surface area contributed by atoms with E-state index in [-0.39, 0.29) is 11.3 Å². The molecule has 0 aromatic carbocycles. The Morgan fingerprint density at radius 2 is 2.09 bits per heavy atom. The van der Waals surface area contributed by atoms with Crippen molar-refractivity contribution in [3.63, 3.8) is 0 Å². The molecule has 4 rings (SSSR count). The molecule has 0 atom stereocenters. The summed E-state index contributed by atoms with van der Waals surface area (Å²) in [5.74, 6) is 0.130. The van der Waals surface area contributed by atoms with Gasteiger partial charge >= 0.3 is 0 Å². The molecule has 0 unspecified atom stereocenters. The fourth-order valence-corrected chi connectivity index (χ4v) is 3.30. The zero-order chi connectivity index (χ0) is 15.9. The average molecular weight is 309 g/mol. The van der Waals surface area contributed by atoms with E-state index in [1.54, 1.807) is 0 Å². The number of aromatic amines is 1. The third-order valence-corrected chi connectivity index (χ3v) is 4.99. The molecule has 3 heterocycles. The molecule has 6 heteroatoms. The number of piperazine rings is 1. The second-order valence-corrected chi connectivity index (χ2v) is 6.51. The maximum Gasteiger partial charge on any atom is 0.224 e. The van der Waals surface area contributed by atoms with Crippen LogP contribution in [0, 0.1) is 16.7 Å². The van der Waals surface area contributed by atoms with Crippen molar-refractivity contribution < 1.29 is 4.79 Å². The highest BCUT2D eigenvalue weighted by Gasteiger charge is 2.45. The van der Waals surface area contributed by atoms with Crippen molar-refractivity contribution in [2.24, 2.45) is 5.41 Å². The first-order valence-corrected chi connectivity index (χ1v) is 8.07. The number of hydrogen-bond acceptors (Lipinski definition) is 4. The van der Waals surface area contributed by atoms with Gasteiger partial charge in [0.15, 0.2) is 0 Å². The summed E-state index contributed by atoms with van der Waals surface area (Å²) in [6.07, 6.45) is 5.85. The van der Waals surface area contributed by atoms with Gasteiger partial charge in [0.25, 0.3) is 0 Å². The summed E-state index contributed by atoms with van der Waals surface area (Å²) in [6, 6.07) is 6.38. The van der Waals surface area contributed by atoms with Crippen LogP contribution in [-0.2, 0) is 4.79 Å². The number of pyridine rings is 1. The van der Waals surface area contributed by atoms with Gasteiger partial charge in [-0.15, -0.1) is 0 Å². The smallest absolute Gasteiger partial charge is 0.224 e. The summed E-state index contributed by atoms with van der Waals surface area (Å²) < 4.78 is 0. The molecular weight excluding hydrogens is 290 g/mol. The van der Waals surface area contributed by atoms with Crippen LogP contribution in [0.4, 0.5) is 5.69 Å². The highest BCUT2D eigenvalue weighted by molar-refractivity contribution is 5.89. The number of nitriles is 1. The van der Waals surface area contributed by atoms with Gasteiger partial charge in [0, 0.05) is 56.1 Å². The first kappa shape index (κ1) is 14.1. The Balaban J connectivity index is 1.42. The first-order chi connectivity index (χ1) is 11.2. The molecule has 1 amide bonds. The van der Waals surface area contributed by atoms with Gasteiger partial charge in [0.05, 0.1) is 11.5 Å². The fraction of sp³-hybridized carbons (Fsp3) is 0.471. The molecule has 1 saturated carbocycles. The van der Waals surface area contributed by atoms with E-state index in [1.165, 1.54) is 5.69 Å². The number of fused-ring (bicyclic) bond motifs is 1. The van der Waals surface area contributed by atoms with Gasteiger partial charge in [-0.1, -0.05) is 0 Å². The molecule has 6 nitrogen and oxygen atoms in total. The monoisotopic (exact) mass is 309 g/mol. The molecule has 2 aromatic rings. The third-order valence-electron chi connectivity index (χ3n) is 4.99. The lowest BCUT2D eigenvalue weighted by atomic mass is 10.0. The molecule has 0 spiro atoms. The van der Waals surface area contributed by atoms with E-state index >= 15 is 0 Å². The largest absolute Gasteiger partial charge is 0.367 e. The van der Waals surface area contributed by atoms with E-state index in [4.69, 9.17) is 5.26 Å². The number of aromatic nitrogens is 2. The van der Waals surface area contributed by atoms with Crippen LogP contribution in [0.1, 0.15) is 19.3 Å². The molecule has 23 heavy (non-hydrogen) atoms. The molecule has 2 fully saturated rings. The van der Waals surface area contributed by atoms with E-state index < -0.39 is 0 Å². The molecule has 118 valence electrons. The van der Waals surface area contributed by atoms with Gasteiger partial charge in [-0.3, -0.25) is 4.79 Å². The Morgan fingerprint density at radius 3 is 2.78 bits per heavy atom. The Labute approximate surface area is 134 Å². The highest BCUT2D eigenvalue weighted by atomic mass is 16.2. The molecular formula is C17H19N5O. The molecule has 0 bridgehead atoms. The zero-order valence-electron chi connectivity index (χ0n) is 13.0. The summed E-state index contributed by atoms with van der Waals surface area (Å²) in [4.78, 5) is 24.0. The second-order valence-electron chi connectivity index (χ2n) is 6.51. The van der Waals surface area contributed by atoms with Crippen molar-refractivity contribution in [3.8, 4) is 6.07 Å². The van der Waals surface area contributed by atoms with Gasteiger partial charge in [-0.05, 0) is 25.0 Å². The summed E-state index contributed by atoms with van der Waals surface area (Å²) in [6.45, 7) is 3.06. The number of nitrogens with one attached hydrogen (secondary N) is 1. The number of anilines is 1. The molecule has 2 aliphatic rings. The number of carbonyl (C=O) groups is 1. The Morgan fingerprint density at radius 1 is 1.30 bits per heavy atom. The van der Waals surface area contributed by atoms with Gasteiger partial charge in [-0.25, -0.2) is 4.98 Å². The van der Waals surface area contributed by atoms with Gasteiger partial charge in [0.2, 0.25) is 5.91 Å². The van der Waals surface area contributed by atoms with Crippen molar-refractivity contribution in [2.45, 2.75) is 19.3 Å². The SMILES string of the molecule is N#CC1(CC(=O)N2CCN(c3ccnc4[nH]ccc34)CC2)CC1. The van der Waals surface area contributed by atoms with Crippen LogP contribution in [0.5, 0.6) is 0 Å². The molecule has 1 aliphatic carbocycles. The number of hydrogen-bond donors (Lipinski definition) is 1. The number of nitrogens with zero attached hydrogens (tertiary/aromatic N) is 4. The number of carbonyl (C=O) groups excluding carboxylic acids is 1. The lowest BCUT2D eigenvalue weighted by Gasteiger charge is -2.36. The van der Waals surface area contributed by atoms with Gasteiger partial charge < -0.3 is 14.8 Å². The van der Waals surface area contributed by atoms with Crippen molar-refractivity contribution in [3.05, 3.63) is 24.5 Å². The third kappa shape index (κ3) is 2.52. The average Bonchev–Trinajstić information content (AvgIpc) is 3.19. The minimum Gasteiger partial charge on any atom is -0.367 e. The second kappa shape index (κ2) is 5.27. The van der Waals surface area contributed by atoms with Gasteiger partial charge in [0.1, 0.15) is 5.65 Å². The standard InChI is InChI=1S/C17H19N5O/c18-12-17(3-4-17)11-15(23)22-9-7-21(8-10-22)14-2-6-20-16-13(14)1-5-19-16/h1-2,5-6H,3-4,7-11H2,(H,19,20). The Hall–Kier alpha value is -2.55. The van der Waals surface area contributed by atoms with Crippen LogP contribution in [0.3, 0.4) is 0 Å². The predicted octanol–water partition coefficient (Wildman–Crippen LogP) is 1.91. The predicted molar refractivity (Wildman–Crippen MR) is 86.8 cm³/mol. The van der Waals surface area contributed by atoms with Crippen molar-refractivity contribution in [1.82, 2.24) is 14.9 Å². The molecule has 1 N–H and O–H groups in total. The number of amides is 1. The van der Waals surface area contributed by atoms with Crippen LogP contribution in [-0.4, -0.2) is 47.0 Å². The van der Waals surface area contributed by atoms with E-state index in [9.17, 15) is 4.79 Å². The van der Waals surface area contributed by atoms with Crippen LogP contribution < -0.4 is 4.90 Å². The molecule has 1 aliphatic heterocycles. The quantitative estimate of drug-likeness (QED) is 0.939. The molecule has 0 radical (unpaired) electrons. The minimum atomic E-state index is -0.351. The minimum absolute atomic E-state index is 0.130. The van der Waals surface area contributed by atoms with Crippen LogP contribution in [0.15, 0.2) is 24.5 Å². The van der Waals surface area contributed by atoms with Crippen LogP contribution >= 0.6 is 0 Å². The summed E-state index contributed by atoms with van der Waals surface area (Å²) in [5.41, 5.74) is 1.71. The summed E-state index contributed by atoms with van der Waals surface area (Å²) in [7, 11) is 0. The Kier molecular flexibility index (Phi) is 3.22. The maximum absolute atomic E-state index is 12.4. The first-order valence-electron chi connectivity index (χ1n) is 8.07. The lowest BCUT2D eigenvalue weighted by molar-refractivity contribution is -0.132. The zero-order valence-corrected chi connectivity index (χ0v) is 13.0. The Bertz CT molecular complexity index is 778. The van der Waals surface area contributed by atoms with E-state index in [0.29, 0.717) is 19.5 Å². The lowest BCUT2D eigenvalue weighted by Crippen LogP contribution is -2.49. The highest BCUT2D eigenvalue weighted by Crippen LogP contribution is 2.48. The number of H-pyrrole nitrogens is 1. The van der Waals surface area contributed by atoms with Crippen molar-refractivity contribution >= 4 is 22.6 Å². The maximum atomic E-state index is 12.4. The fourth-order valence-electron chi connectivity index (χ4n) is 3.30. The van der Waals surface area contributed by atoms with E-state index in [1.807, 2.05) is 29.4 Å². The summed E-state index contributed by atoms with van der Waals surface area (Å²) in [5, 5.41) is 10.3. The van der Waals surface area contributed by atoms with Gasteiger partial charge in [-0.2, -0.15) is 5.26 Å². The normalized spacial score (nSPS) is 19.6. The van der Waals surface area contributed by atoms with E-state index in [0.717, 1.165) is 37.0 Å².